The molecule has 0 fully saturated rings. The molecular weight excluding hydrogens is 397 g/mol. The van der Waals surface area contributed by atoms with E-state index in [0.29, 0.717) is 16.9 Å². The summed E-state index contributed by atoms with van der Waals surface area (Å²) in [5.74, 6) is -0.203. The highest BCUT2D eigenvalue weighted by Gasteiger charge is 2.11. The number of benzene rings is 1. The second kappa shape index (κ2) is 7.20. The van der Waals surface area contributed by atoms with Crippen molar-refractivity contribution in [2.24, 2.45) is 0 Å². The molecule has 1 aromatic carbocycles. The van der Waals surface area contributed by atoms with Crippen molar-refractivity contribution in [3.63, 3.8) is 0 Å². The van der Waals surface area contributed by atoms with Gasteiger partial charge in [0.05, 0.1) is 5.56 Å². The fourth-order valence-electron chi connectivity index (χ4n) is 1.33. The number of carbonyl (C=O) groups is 1. The summed E-state index contributed by atoms with van der Waals surface area (Å²) in [4.78, 5) is 12.2. The van der Waals surface area contributed by atoms with Crippen molar-refractivity contribution < 1.29 is 9.90 Å². The minimum atomic E-state index is -0.225. The van der Waals surface area contributed by atoms with Crippen LogP contribution in [0, 0.1) is 3.57 Å². The number of hydrogen-bond donors (Lipinski definition) is 2. The molecule has 0 heterocycles. The summed E-state index contributed by atoms with van der Waals surface area (Å²) < 4.78 is 0.928. The zero-order valence-corrected chi connectivity index (χ0v) is 13.3. The second-order valence-electron chi connectivity index (χ2n) is 3.71. The van der Waals surface area contributed by atoms with Crippen LogP contribution >= 0.6 is 38.5 Å². The summed E-state index contributed by atoms with van der Waals surface area (Å²) >= 11 is 5.62. The molecule has 0 aromatic heterocycles. The third-order valence-corrected chi connectivity index (χ3v) is 4.17. The molecule has 0 aliphatic heterocycles. The fourth-order valence-corrected chi connectivity index (χ4v) is 2.05. The zero-order valence-electron chi connectivity index (χ0n) is 9.54. The SMILES string of the molecule is CCC(Br)CCNC(=O)c1cc(I)ccc1O. The van der Waals surface area contributed by atoms with Gasteiger partial charge in [-0.2, -0.15) is 0 Å². The van der Waals surface area contributed by atoms with E-state index in [4.69, 9.17) is 0 Å². The van der Waals surface area contributed by atoms with Crippen LogP contribution in [0.1, 0.15) is 30.1 Å². The first-order valence-corrected chi connectivity index (χ1v) is 7.44. The van der Waals surface area contributed by atoms with Gasteiger partial charge in [0.1, 0.15) is 5.75 Å². The molecule has 94 valence electrons. The van der Waals surface area contributed by atoms with Gasteiger partial charge in [-0.15, -0.1) is 0 Å². The number of phenolic OH excluding ortho intramolecular Hbond substituents is 1. The Morgan fingerprint density at radius 3 is 2.94 bits per heavy atom. The van der Waals surface area contributed by atoms with Crippen molar-refractivity contribution in [2.75, 3.05) is 6.54 Å². The molecule has 1 atom stereocenters. The fraction of sp³-hybridized carbons (Fsp3) is 0.417. The van der Waals surface area contributed by atoms with Crippen LogP contribution in [0.3, 0.4) is 0 Å². The van der Waals surface area contributed by atoms with Gasteiger partial charge in [-0.25, -0.2) is 0 Å². The summed E-state index contributed by atoms with van der Waals surface area (Å²) in [5, 5.41) is 12.4. The number of hydrogen-bond acceptors (Lipinski definition) is 2. The number of halogens is 2. The van der Waals surface area contributed by atoms with Crippen LogP contribution in [0.15, 0.2) is 18.2 Å². The molecule has 5 heteroatoms. The van der Waals surface area contributed by atoms with Crippen LogP contribution in [0.5, 0.6) is 5.75 Å². The van der Waals surface area contributed by atoms with Gasteiger partial charge in [0.15, 0.2) is 0 Å². The van der Waals surface area contributed by atoms with E-state index in [-0.39, 0.29) is 11.7 Å². The Kier molecular flexibility index (Phi) is 6.26. The minimum absolute atomic E-state index is 0.0220. The quantitative estimate of drug-likeness (QED) is 0.577. The van der Waals surface area contributed by atoms with E-state index >= 15 is 0 Å². The maximum Gasteiger partial charge on any atom is 0.255 e. The molecule has 1 rings (SSSR count). The first kappa shape index (κ1) is 14.8. The molecule has 1 aromatic rings. The molecule has 1 unspecified atom stereocenters. The largest absolute Gasteiger partial charge is 0.507 e. The lowest BCUT2D eigenvalue weighted by molar-refractivity contribution is 0.0950. The lowest BCUT2D eigenvalue weighted by atomic mass is 10.2. The molecule has 0 bridgehead atoms. The summed E-state index contributed by atoms with van der Waals surface area (Å²) in [6, 6.07) is 4.98. The Hall–Kier alpha value is -0.300. The lowest BCUT2D eigenvalue weighted by Crippen LogP contribution is -2.26. The Morgan fingerprint density at radius 2 is 2.29 bits per heavy atom. The first-order chi connectivity index (χ1) is 8.04. The van der Waals surface area contributed by atoms with Gasteiger partial charge in [-0.05, 0) is 53.6 Å². The third kappa shape index (κ3) is 4.83. The first-order valence-electron chi connectivity index (χ1n) is 5.45. The van der Waals surface area contributed by atoms with E-state index in [1.807, 2.05) is 0 Å². The summed E-state index contributed by atoms with van der Waals surface area (Å²) in [6.07, 6.45) is 1.91. The Balaban J connectivity index is 2.55. The van der Waals surface area contributed by atoms with Gasteiger partial charge < -0.3 is 10.4 Å². The smallest absolute Gasteiger partial charge is 0.255 e. The maximum absolute atomic E-state index is 11.8. The minimum Gasteiger partial charge on any atom is -0.507 e. The van der Waals surface area contributed by atoms with E-state index in [1.54, 1.807) is 12.1 Å². The van der Waals surface area contributed by atoms with Crippen LogP contribution < -0.4 is 5.32 Å². The zero-order chi connectivity index (χ0) is 12.8. The number of phenols is 1. The van der Waals surface area contributed by atoms with Gasteiger partial charge >= 0.3 is 0 Å². The van der Waals surface area contributed by atoms with E-state index < -0.39 is 0 Å². The second-order valence-corrected chi connectivity index (χ2v) is 6.25. The normalized spacial score (nSPS) is 12.2. The molecule has 1 amide bonds. The molecule has 0 aliphatic carbocycles. The molecule has 2 N–H and O–H groups in total. The summed E-state index contributed by atoms with van der Waals surface area (Å²) in [7, 11) is 0. The Bertz CT molecular complexity index is 398. The van der Waals surface area contributed by atoms with Gasteiger partial charge in [0.2, 0.25) is 0 Å². The maximum atomic E-state index is 11.8. The Morgan fingerprint density at radius 1 is 1.59 bits per heavy atom. The number of amides is 1. The van der Waals surface area contributed by atoms with Crippen LogP contribution in [0.25, 0.3) is 0 Å². The van der Waals surface area contributed by atoms with Gasteiger partial charge in [0.25, 0.3) is 5.91 Å². The highest BCUT2D eigenvalue weighted by atomic mass is 127. The highest BCUT2D eigenvalue weighted by molar-refractivity contribution is 14.1. The van der Waals surface area contributed by atoms with Crippen LogP contribution in [0.2, 0.25) is 0 Å². The van der Waals surface area contributed by atoms with Crippen molar-refractivity contribution in [3.8, 4) is 5.75 Å². The van der Waals surface area contributed by atoms with Crippen LogP contribution in [0.4, 0.5) is 0 Å². The molecule has 0 saturated carbocycles. The molecule has 0 radical (unpaired) electrons. The third-order valence-electron chi connectivity index (χ3n) is 2.39. The lowest BCUT2D eigenvalue weighted by Gasteiger charge is -2.09. The van der Waals surface area contributed by atoms with Crippen molar-refractivity contribution in [2.45, 2.75) is 24.6 Å². The van der Waals surface area contributed by atoms with Gasteiger partial charge in [-0.3, -0.25) is 4.79 Å². The van der Waals surface area contributed by atoms with E-state index in [1.165, 1.54) is 6.07 Å². The molecule has 0 aliphatic rings. The van der Waals surface area contributed by atoms with E-state index in [2.05, 4.69) is 50.8 Å². The van der Waals surface area contributed by atoms with Crippen molar-refractivity contribution in [3.05, 3.63) is 27.3 Å². The predicted octanol–water partition coefficient (Wildman–Crippen LogP) is 3.29. The molecule has 17 heavy (non-hydrogen) atoms. The van der Waals surface area contributed by atoms with Crippen molar-refractivity contribution >= 4 is 44.4 Å². The number of aromatic hydroxyl groups is 1. The summed E-state index contributed by atoms with van der Waals surface area (Å²) in [6.45, 7) is 2.69. The monoisotopic (exact) mass is 411 g/mol. The topological polar surface area (TPSA) is 49.3 Å². The average Bonchev–Trinajstić information content (AvgIpc) is 2.31. The summed E-state index contributed by atoms with van der Waals surface area (Å²) in [5.41, 5.74) is 0.333. The number of nitrogens with one attached hydrogen (secondary N) is 1. The van der Waals surface area contributed by atoms with Gasteiger partial charge in [-0.1, -0.05) is 22.9 Å². The van der Waals surface area contributed by atoms with E-state index in [0.717, 1.165) is 16.4 Å². The molecular formula is C12H15BrINO2. The number of carbonyl (C=O) groups excluding carboxylic acids is 1. The van der Waals surface area contributed by atoms with Crippen LogP contribution in [-0.4, -0.2) is 22.4 Å². The molecule has 0 saturated heterocycles. The van der Waals surface area contributed by atoms with Crippen molar-refractivity contribution in [1.82, 2.24) is 5.32 Å². The van der Waals surface area contributed by atoms with Crippen molar-refractivity contribution in [1.29, 1.82) is 0 Å². The highest BCUT2D eigenvalue weighted by Crippen LogP contribution is 2.19. The standard InChI is InChI=1S/C12H15BrINO2/c1-2-8(13)5-6-15-12(17)10-7-9(14)3-4-11(10)16/h3-4,7-8,16H,2,5-6H2,1H3,(H,15,17). The van der Waals surface area contributed by atoms with Gasteiger partial charge in [0, 0.05) is 14.9 Å². The van der Waals surface area contributed by atoms with Crippen LogP contribution in [-0.2, 0) is 0 Å². The average molecular weight is 412 g/mol. The number of alkyl halides is 1. The number of rotatable bonds is 5. The molecule has 3 nitrogen and oxygen atoms in total. The predicted molar refractivity (Wildman–Crippen MR) is 80.8 cm³/mol. The van der Waals surface area contributed by atoms with E-state index in [9.17, 15) is 9.90 Å². The Labute approximate surface area is 123 Å². The molecule has 0 spiro atoms.